The first-order valence-corrected chi connectivity index (χ1v) is 7.80. The van der Waals surface area contributed by atoms with Gasteiger partial charge in [0.1, 0.15) is 6.61 Å². The van der Waals surface area contributed by atoms with Crippen molar-refractivity contribution in [2.45, 2.75) is 13.3 Å². The normalized spacial score (nSPS) is 9.67. The molecule has 98 valence electrons. The molecule has 5 heteroatoms. The number of thioether (sulfide) groups is 1. The first kappa shape index (κ1) is 15.1. The summed E-state index contributed by atoms with van der Waals surface area (Å²) >= 11 is 3.23. The molecule has 18 heavy (non-hydrogen) atoms. The van der Waals surface area contributed by atoms with E-state index in [2.05, 4.69) is 24.1 Å². The average molecular weight is 283 g/mol. The zero-order chi connectivity index (χ0) is 13.2. The van der Waals surface area contributed by atoms with Crippen LogP contribution in [0, 0.1) is 11.8 Å². The Balaban J connectivity index is 2.35. The van der Waals surface area contributed by atoms with Gasteiger partial charge in [-0.3, -0.25) is 4.79 Å². The monoisotopic (exact) mass is 283 g/mol. The minimum atomic E-state index is -0.158. The zero-order valence-electron chi connectivity index (χ0n) is 10.4. The van der Waals surface area contributed by atoms with E-state index in [1.54, 1.807) is 12.1 Å². The van der Waals surface area contributed by atoms with E-state index in [9.17, 15) is 4.79 Å². The molecule has 1 amide bonds. The second-order valence-electron chi connectivity index (χ2n) is 3.43. The van der Waals surface area contributed by atoms with Crippen molar-refractivity contribution in [1.82, 2.24) is 5.32 Å². The molecule has 1 rings (SSSR count). The van der Waals surface area contributed by atoms with Crippen molar-refractivity contribution in [3.63, 3.8) is 0 Å². The Bertz CT molecular complexity index is 432. The third-order valence-corrected chi connectivity index (χ3v) is 4.06. The molecule has 0 saturated carbocycles. The summed E-state index contributed by atoms with van der Waals surface area (Å²) in [4.78, 5) is 13.2. The Labute approximate surface area is 116 Å². The summed E-state index contributed by atoms with van der Waals surface area (Å²) in [5, 5.41) is 11.5. The van der Waals surface area contributed by atoms with E-state index in [-0.39, 0.29) is 12.5 Å². The van der Waals surface area contributed by atoms with Gasteiger partial charge >= 0.3 is 0 Å². The average Bonchev–Trinajstić information content (AvgIpc) is 2.84. The van der Waals surface area contributed by atoms with Crippen molar-refractivity contribution in [2.24, 2.45) is 0 Å². The van der Waals surface area contributed by atoms with Crippen molar-refractivity contribution in [3.8, 4) is 11.8 Å². The van der Waals surface area contributed by atoms with Crippen LogP contribution in [0.25, 0.3) is 0 Å². The molecule has 0 aliphatic rings. The Kier molecular flexibility index (Phi) is 7.58. The molecule has 0 unspecified atom stereocenters. The Morgan fingerprint density at radius 2 is 2.39 bits per heavy atom. The second-order valence-corrected chi connectivity index (χ2v) is 5.91. The number of rotatable bonds is 6. The summed E-state index contributed by atoms with van der Waals surface area (Å²) in [5.41, 5.74) is 0. The third-order valence-electron chi connectivity index (χ3n) is 2.08. The van der Waals surface area contributed by atoms with Gasteiger partial charge in [-0.2, -0.15) is 11.8 Å². The van der Waals surface area contributed by atoms with Crippen LogP contribution in [0.15, 0.2) is 12.1 Å². The molecule has 0 aliphatic carbocycles. The van der Waals surface area contributed by atoms with E-state index in [1.807, 2.05) is 11.8 Å². The molecule has 0 spiro atoms. The van der Waals surface area contributed by atoms with Crippen LogP contribution in [0.1, 0.15) is 27.9 Å². The fourth-order valence-electron chi connectivity index (χ4n) is 1.26. The molecule has 0 bridgehead atoms. The smallest absolute Gasteiger partial charge is 0.261 e. The van der Waals surface area contributed by atoms with Crippen molar-refractivity contribution < 1.29 is 9.90 Å². The standard InChI is InChI=1S/C13H17NO2S2/c1-2-17-10-4-8-14-13(16)12-7-6-11(18-12)5-3-9-15/h6-7,15H,2,4,8-10H2,1H3,(H,14,16). The lowest BCUT2D eigenvalue weighted by Crippen LogP contribution is -2.23. The third kappa shape index (κ3) is 5.58. The predicted octanol–water partition coefficient (Wildman–Crippen LogP) is 1.96. The molecule has 1 aromatic rings. The molecule has 0 aliphatic heterocycles. The number of carbonyl (C=O) groups is 1. The highest BCUT2D eigenvalue weighted by atomic mass is 32.2. The minimum Gasteiger partial charge on any atom is -0.384 e. The molecule has 0 fully saturated rings. The van der Waals surface area contributed by atoms with E-state index in [0.29, 0.717) is 11.4 Å². The van der Waals surface area contributed by atoms with Gasteiger partial charge in [0.15, 0.2) is 0 Å². The van der Waals surface area contributed by atoms with Gasteiger partial charge in [-0.15, -0.1) is 11.3 Å². The minimum absolute atomic E-state index is 0.0430. The number of thiophene rings is 1. The summed E-state index contributed by atoms with van der Waals surface area (Å²) < 4.78 is 0. The maximum Gasteiger partial charge on any atom is 0.261 e. The molecule has 1 heterocycles. The molecular weight excluding hydrogens is 266 g/mol. The maximum atomic E-state index is 11.8. The van der Waals surface area contributed by atoms with Gasteiger partial charge in [-0.05, 0) is 30.1 Å². The van der Waals surface area contributed by atoms with Crippen molar-refractivity contribution >= 4 is 29.0 Å². The van der Waals surface area contributed by atoms with Crippen LogP contribution >= 0.6 is 23.1 Å². The number of amides is 1. The summed E-state index contributed by atoms with van der Waals surface area (Å²) in [6.07, 6.45) is 0.993. The lowest BCUT2D eigenvalue weighted by Gasteiger charge is -2.02. The molecule has 2 N–H and O–H groups in total. The van der Waals surface area contributed by atoms with E-state index >= 15 is 0 Å². The van der Waals surface area contributed by atoms with Crippen LogP contribution in [-0.2, 0) is 0 Å². The SMILES string of the molecule is CCSCCCNC(=O)c1ccc(C#CCO)s1. The number of hydrogen-bond acceptors (Lipinski definition) is 4. The number of aliphatic hydroxyl groups excluding tert-OH is 1. The van der Waals surface area contributed by atoms with Crippen LogP contribution in [0.3, 0.4) is 0 Å². The maximum absolute atomic E-state index is 11.8. The van der Waals surface area contributed by atoms with Gasteiger partial charge in [0, 0.05) is 6.54 Å². The lowest BCUT2D eigenvalue weighted by molar-refractivity contribution is 0.0958. The summed E-state index contributed by atoms with van der Waals surface area (Å²) in [6, 6.07) is 3.57. The molecule has 3 nitrogen and oxygen atoms in total. The molecule has 0 saturated heterocycles. The predicted molar refractivity (Wildman–Crippen MR) is 78.2 cm³/mol. The van der Waals surface area contributed by atoms with Crippen LogP contribution in [-0.4, -0.2) is 35.7 Å². The van der Waals surface area contributed by atoms with Gasteiger partial charge < -0.3 is 10.4 Å². The van der Waals surface area contributed by atoms with E-state index < -0.39 is 0 Å². The number of aliphatic hydroxyl groups is 1. The number of nitrogens with one attached hydrogen (secondary N) is 1. The van der Waals surface area contributed by atoms with Gasteiger partial charge in [-0.1, -0.05) is 18.8 Å². The van der Waals surface area contributed by atoms with Gasteiger partial charge in [0.05, 0.1) is 9.75 Å². The van der Waals surface area contributed by atoms with Crippen LogP contribution < -0.4 is 5.32 Å². The van der Waals surface area contributed by atoms with E-state index in [4.69, 9.17) is 5.11 Å². The first-order chi connectivity index (χ1) is 8.77. The van der Waals surface area contributed by atoms with Crippen LogP contribution in [0.2, 0.25) is 0 Å². The zero-order valence-corrected chi connectivity index (χ0v) is 12.0. The summed E-state index contributed by atoms with van der Waals surface area (Å²) in [7, 11) is 0. The first-order valence-electron chi connectivity index (χ1n) is 5.83. The largest absolute Gasteiger partial charge is 0.384 e. The van der Waals surface area contributed by atoms with Crippen molar-refractivity contribution in [3.05, 3.63) is 21.9 Å². The molecule has 1 aromatic heterocycles. The van der Waals surface area contributed by atoms with E-state index in [0.717, 1.165) is 22.8 Å². The fourth-order valence-corrected chi connectivity index (χ4v) is 2.70. The molecular formula is C13H17NO2S2. The molecule has 0 atom stereocenters. The number of hydrogen-bond donors (Lipinski definition) is 2. The van der Waals surface area contributed by atoms with Crippen LogP contribution in [0.5, 0.6) is 0 Å². The second kappa shape index (κ2) is 9.03. The Hall–Kier alpha value is -0.960. The van der Waals surface area contributed by atoms with Gasteiger partial charge in [0.25, 0.3) is 5.91 Å². The highest BCUT2D eigenvalue weighted by Gasteiger charge is 2.07. The fraction of sp³-hybridized carbons (Fsp3) is 0.462. The van der Waals surface area contributed by atoms with E-state index in [1.165, 1.54) is 11.3 Å². The Morgan fingerprint density at radius 1 is 1.56 bits per heavy atom. The number of carbonyl (C=O) groups excluding carboxylic acids is 1. The topological polar surface area (TPSA) is 49.3 Å². The van der Waals surface area contributed by atoms with Crippen LogP contribution in [0.4, 0.5) is 0 Å². The summed E-state index contributed by atoms with van der Waals surface area (Å²) in [5.74, 6) is 7.51. The highest BCUT2D eigenvalue weighted by Crippen LogP contribution is 2.15. The van der Waals surface area contributed by atoms with Crippen molar-refractivity contribution in [2.75, 3.05) is 24.7 Å². The lowest BCUT2D eigenvalue weighted by atomic mass is 10.4. The molecule has 0 aromatic carbocycles. The highest BCUT2D eigenvalue weighted by molar-refractivity contribution is 7.99. The van der Waals surface area contributed by atoms with Gasteiger partial charge in [0.2, 0.25) is 0 Å². The Morgan fingerprint density at radius 3 is 3.11 bits per heavy atom. The van der Waals surface area contributed by atoms with Crippen molar-refractivity contribution in [1.29, 1.82) is 0 Å². The quantitative estimate of drug-likeness (QED) is 0.620. The van der Waals surface area contributed by atoms with Gasteiger partial charge in [-0.25, -0.2) is 0 Å². The molecule has 0 radical (unpaired) electrons. The summed E-state index contributed by atoms with van der Waals surface area (Å²) in [6.45, 7) is 2.68.